The summed E-state index contributed by atoms with van der Waals surface area (Å²) in [5, 5.41) is 0. The van der Waals surface area contributed by atoms with Gasteiger partial charge in [0.05, 0.1) is 21.1 Å². The van der Waals surface area contributed by atoms with E-state index in [4.69, 9.17) is 9.42 Å². The summed E-state index contributed by atoms with van der Waals surface area (Å²) in [5.74, 6) is 0. The summed E-state index contributed by atoms with van der Waals surface area (Å²) in [4.78, 5) is 20.1. The monoisotopic (exact) mass is 491 g/mol. The van der Waals surface area contributed by atoms with Gasteiger partial charge in [-0.05, 0) is 6.42 Å². The molecule has 200 valence electrons. The van der Waals surface area contributed by atoms with Crippen molar-refractivity contribution in [3.63, 3.8) is 0 Å². The minimum Gasteiger partial charge on any atom is -0.756 e. The average molecular weight is 492 g/mol. The molecule has 0 saturated carbocycles. The molecule has 0 aliphatic carbocycles. The molecule has 0 aromatic heterocycles. The van der Waals surface area contributed by atoms with E-state index in [1.54, 1.807) is 0 Å². The third-order valence-electron chi connectivity index (χ3n) is 6.41. The van der Waals surface area contributed by atoms with E-state index in [0.717, 1.165) is 12.8 Å². The molecular formula is C27H58NO4P. The molecule has 0 aromatic carbocycles. The molecule has 0 spiro atoms. The van der Waals surface area contributed by atoms with Crippen molar-refractivity contribution in [2.24, 2.45) is 0 Å². The van der Waals surface area contributed by atoms with Crippen LogP contribution in [0, 0.1) is 0 Å². The number of phosphoric ester groups is 1. The van der Waals surface area contributed by atoms with Crippen molar-refractivity contribution in [1.82, 2.24) is 0 Å². The molecule has 1 N–H and O–H groups in total. The Morgan fingerprint density at radius 1 is 0.667 bits per heavy atom. The number of nitrogens with zero attached hydrogens (tertiary/aromatic N) is 1. The smallest absolute Gasteiger partial charge is 0.265 e. The van der Waals surface area contributed by atoms with Gasteiger partial charge in [-0.1, -0.05) is 135 Å². The Kier molecular flexibility index (Phi) is 21.4. The lowest BCUT2D eigenvalue weighted by Crippen LogP contribution is -2.42. The van der Waals surface area contributed by atoms with Crippen LogP contribution in [0.3, 0.4) is 0 Å². The van der Waals surface area contributed by atoms with Gasteiger partial charge < -0.3 is 18.8 Å². The quantitative estimate of drug-likeness (QED) is 0.0805. The van der Waals surface area contributed by atoms with Gasteiger partial charge in [-0.15, -0.1) is 0 Å². The molecule has 0 heterocycles. The van der Waals surface area contributed by atoms with E-state index in [9.17, 15) is 9.46 Å². The van der Waals surface area contributed by atoms with Gasteiger partial charge in [0, 0.05) is 0 Å². The predicted octanol–water partition coefficient (Wildman–Crippen LogP) is 7.75. The molecule has 0 amide bonds. The van der Waals surface area contributed by atoms with E-state index < -0.39 is 13.9 Å². The van der Waals surface area contributed by atoms with E-state index in [-0.39, 0.29) is 0 Å². The van der Waals surface area contributed by atoms with Crippen LogP contribution in [-0.2, 0) is 9.09 Å². The van der Waals surface area contributed by atoms with E-state index in [2.05, 4.69) is 6.92 Å². The predicted molar refractivity (Wildman–Crippen MR) is 140 cm³/mol. The maximum absolute atomic E-state index is 11.1. The first-order chi connectivity index (χ1) is 15.6. The molecule has 33 heavy (non-hydrogen) atoms. The fourth-order valence-corrected chi connectivity index (χ4v) is 5.15. The fraction of sp³-hybridized carbons (Fsp3) is 1.00. The van der Waals surface area contributed by atoms with Gasteiger partial charge in [0.25, 0.3) is 7.82 Å². The van der Waals surface area contributed by atoms with E-state index in [1.165, 1.54) is 116 Å². The normalized spacial score (nSPS) is 15.0. The van der Waals surface area contributed by atoms with Crippen molar-refractivity contribution >= 4 is 7.82 Å². The average Bonchev–Trinajstić information content (AvgIpc) is 2.70. The molecule has 0 rings (SSSR count). The molecule has 2 atom stereocenters. The molecule has 0 aliphatic rings. The lowest BCUT2D eigenvalue weighted by molar-refractivity contribution is -0.873. The highest BCUT2D eigenvalue weighted by atomic mass is 31.2. The van der Waals surface area contributed by atoms with Crippen molar-refractivity contribution in [1.29, 1.82) is 0 Å². The van der Waals surface area contributed by atoms with E-state index in [1.807, 2.05) is 21.1 Å². The zero-order chi connectivity index (χ0) is 24.8. The van der Waals surface area contributed by atoms with Gasteiger partial charge in [0.2, 0.25) is 0 Å². The number of likely N-dealkylation sites (N-methyl/N-ethyl adjacent to an activating group) is 1. The maximum Gasteiger partial charge on any atom is 0.265 e. The second kappa shape index (κ2) is 21.4. The first-order valence-corrected chi connectivity index (χ1v) is 15.7. The lowest BCUT2D eigenvalue weighted by atomic mass is 10.0. The second-order valence-corrected chi connectivity index (χ2v) is 12.3. The Labute approximate surface area is 206 Å². The van der Waals surface area contributed by atoms with Crippen molar-refractivity contribution in [2.45, 2.75) is 148 Å². The largest absolute Gasteiger partial charge is 0.756 e. The van der Waals surface area contributed by atoms with Crippen molar-refractivity contribution in [3.8, 4) is 0 Å². The number of phosphoric acid groups is 1. The van der Waals surface area contributed by atoms with Crippen molar-refractivity contribution < 1.29 is 23.4 Å². The molecule has 0 aromatic rings. The molecule has 0 fully saturated rings. The fourth-order valence-electron chi connectivity index (χ4n) is 4.60. The van der Waals surface area contributed by atoms with Crippen LogP contribution in [0.25, 0.3) is 0 Å². The number of hydrogen-bond donors (Lipinski definition) is 1. The number of hydrogen-bond acceptors (Lipinski definition) is 3. The zero-order valence-corrected chi connectivity index (χ0v) is 23.6. The van der Waals surface area contributed by atoms with Crippen LogP contribution in [0.5, 0.6) is 0 Å². The number of unbranched alkanes of at least 4 members (excludes halogenated alkanes) is 19. The molecular weight excluding hydrogens is 433 g/mol. The third-order valence-corrected chi connectivity index (χ3v) is 6.98. The zero-order valence-electron chi connectivity index (χ0n) is 22.7. The third kappa shape index (κ3) is 28.2. The highest BCUT2D eigenvalue weighted by Crippen LogP contribution is 2.34. The van der Waals surface area contributed by atoms with E-state index >= 15 is 0 Å². The van der Waals surface area contributed by atoms with Gasteiger partial charge >= 0.3 is 0 Å². The molecule has 6 heteroatoms. The Morgan fingerprint density at radius 3 is 1.24 bits per heavy atom. The lowest BCUT2D eigenvalue weighted by Gasteiger charge is -2.31. The van der Waals surface area contributed by atoms with Crippen LogP contribution in [0.4, 0.5) is 0 Å². The SMILES string of the molecule is CCCCCCCCCCCCCCCCCCCCCCC(C[N+](C)(C)C)OP(=O)([O-])O. The van der Waals surface area contributed by atoms with Gasteiger partial charge in [-0.3, -0.25) is 4.57 Å². The Balaban J connectivity index is 3.41. The Morgan fingerprint density at radius 2 is 0.970 bits per heavy atom. The summed E-state index contributed by atoms with van der Waals surface area (Å²) in [6.07, 6.45) is 27.2. The number of quaternary nitrogens is 1. The molecule has 0 saturated heterocycles. The van der Waals surface area contributed by atoms with Crippen LogP contribution in [-0.4, -0.2) is 43.2 Å². The molecule has 0 radical (unpaired) electrons. The van der Waals surface area contributed by atoms with Gasteiger partial charge in [-0.2, -0.15) is 0 Å². The molecule has 0 aliphatic heterocycles. The summed E-state index contributed by atoms with van der Waals surface area (Å²) >= 11 is 0. The van der Waals surface area contributed by atoms with Crippen LogP contribution in [0.15, 0.2) is 0 Å². The molecule has 2 unspecified atom stereocenters. The van der Waals surface area contributed by atoms with Gasteiger partial charge in [0.1, 0.15) is 12.6 Å². The van der Waals surface area contributed by atoms with Crippen molar-refractivity contribution in [3.05, 3.63) is 0 Å². The Hall–Kier alpha value is 0.0700. The molecule has 5 nitrogen and oxygen atoms in total. The first-order valence-electron chi connectivity index (χ1n) is 14.2. The highest BCUT2D eigenvalue weighted by Gasteiger charge is 2.22. The summed E-state index contributed by atoms with van der Waals surface area (Å²) in [6, 6.07) is 0. The topological polar surface area (TPSA) is 69.6 Å². The second-order valence-electron chi connectivity index (χ2n) is 11.2. The first kappa shape index (κ1) is 33.1. The summed E-state index contributed by atoms with van der Waals surface area (Å²) in [6.45, 7) is 2.86. The van der Waals surface area contributed by atoms with Gasteiger partial charge in [-0.25, -0.2) is 0 Å². The van der Waals surface area contributed by atoms with Crippen LogP contribution in [0.2, 0.25) is 0 Å². The highest BCUT2D eigenvalue weighted by molar-refractivity contribution is 7.44. The number of rotatable bonds is 25. The summed E-state index contributed by atoms with van der Waals surface area (Å²) in [5.41, 5.74) is 0. The summed E-state index contributed by atoms with van der Waals surface area (Å²) in [7, 11) is 1.34. The molecule has 0 bridgehead atoms. The maximum atomic E-state index is 11.1. The van der Waals surface area contributed by atoms with E-state index in [0.29, 0.717) is 17.4 Å². The van der Waals surface area contributed by atoms with Crippen LogP contribution in [0.1, 0.15) is 142 Å². The Bertz CT molecular complexity index is 462. The van der Waals surface area contributed by atoms with Crippen molar-refractivity contribution in [2.75, 3.05) is 27.7 Å². The standard InChI is InChI=1S/C27H58NO4P/c1-5-6-7-8-9-10-11-12-13-14-15-16-17-18-19-20-21-22-23-24-25-27(26-28(2,3)4)32-33(29,30)31/h27H,5-26H2,1-4H3,(H-,29,30,31). The minimum absolute atomic E-state index is 0.436. The van der Waals surface area contributed by atoms with Gasteiger partial charge in [0.15, 0.2) is 0 Å². The summed E-state index contributed by atoms with van der Waals surface area (Å²) < 4.78 is 16.6. The van der Waals surface area contributed by atoms with Crippen LogP contribution >= 0.6 is 7.82 Å². The minimum atomic E-state index is -4.66. The van der Waals surface area contributed by atoms with Crippen LogP contribution < -0.4 is 4.89 Å².